The molecule has 62 heavy (non-hydrogen) atoms. The molecule has 2 fully saturated rings. The van der Waals surface area contributed by atoms with Crippen molar-refractivity contribution in [2.75, 3.05) is 26.3 Å². The highest BCUT2D eigenvalue weighted by Crippen LogP contribution is 2.27. The Morgan fingerprint density at radius 1 is 0.532 bits per heavy atom. The summed E-state index contributed by atoms with van der Waals surface area (Å²) in [7, 11) is 0. The molecule has 0 atom stereocenters. The molecule has 0 N–H and O–H groups in total. The number of rotatable bonds is 14. The third-order valence-corrected chi connectivity index (χ3v) is 10.4. The molecule has 0 aliphatic carbocycles. The van der Waals surface area contributed by atoms with Gasteiger partial charge in [-0.15, -0.1) is 0 Å². The van der Waals surface area contributed by atoms with Gasteiger partial charge in [0, 0.05) is 11.1 Å². The zero-order chi connectivity index (χ0) is 43.6. The molecule has 2 aliphatic rings. The minimum atomic E-state index is -0.369. The number of hydrogen-bond donors (Lipinski definition) is 0. The van der Waals surface area contributed by atoms with Crippen LogP contribution in [0.5, 0.6) is 0 Å². The fourth-order valence-electron chi connectivity index (χ4n) is 6.86. The lowest BCUT2D eigenvalue weighted by molar-refractivity contribution is -0.125. The van der Waals surface area contributed by atoms with Crippen molar-refractivity contribution in [3.8, 4) is 22.6 Å². The van der Waals surface area contributed by atoms with Gasteiger partial charge in [-0.2, -0.15) is 0 Å². The molecule has 2 aromatic heterocycles. The van der Waals surface area contributed by atoms with E-state index >= 15 is 0 Å². The highest BCUT2D eigenvalue weighted by molar-refractivity contribution is 7.80. The van der Waals surface area contributed by atoms with Crippen LogP contribution in [0.1, 0.15) is 57.2 Å². The monoisotopic (exact) mass is 852 g/mol. The van der Waals surface area contributed by atoms with Crippen molar-refractivity contribution in [1.82, 2.24) is 19.6 Å². The van der Waals surface area contributed by atoms with Crippen molar-refractivity contribution in [3.05, 3.63) is 167 Å². The molecule has 2 aliphatic heterocycles. The number of ether oxygens (including phenoxy) is 2. The second-order valence-corrected chi connectivity index (χ2v) is 14.8. The van der Waals surface area contributed by atoms with E-state index in [1.807, 2.05) is 84.9 Å². The number of hydrogen-bond acceptors (Lipinski definition) is 10. The molecule has 14 heteroatoms. The Morgan fingerprint density at radius 3 is 1.40 bits per heavy atom. The predicted octanol–water partition coefficient (Wildman–Crippen LogP) is 8.98. The summed E-state index contributed by atoms with van der Waals surface area (Å²) in [4.78, 5) is 68.1. The van der Waals surface area contributed by atoms with Gasteiger partial charge in [0.2, 0.25) is 0 Å². The van der Waals surface area contributed by atoms with E-state index in [0.717, 1.165) is 22.3 Å². The molecule has 4 aromatic carbocycles. The molecule has 6 aromatic rings. The van der Waals surface area contributed by atoms with E-state index in [4.69, 9.17) is 30.5 Å². The molecular weight excluding hydrogens is 809 g/mol. The second kappa shape index (κ2) is 19.8. The predicted molar refractivity (Wildman–Crippen MR) is 233 cm³/mol. The van der Waals surface area contributed by atoms with E-state index in [9.17, 15) is 24.0 Å². The topological polar surface area (TPSA) is 143 Å². The van der Waals surface area contributed by atoms with Crippen molar-refractivity contribution in [2.24, 2.45) is 0 Å². The van der Waals surface area contributed by atoms with Gasteiger partial charge in [-0.3, -0.25) is 14.6 Å². The highest BCUT2D eigenvalue weighted by atomic mass is 32.1. The smallest absolute Gasteiger partial charge is 0.338 e. The van der Waals surface area contributed by atoms with Crippen LogP contribution < -0.4 is 0 Å². The summed E-state index contributed by atoms with van der Waals surface area (Å²) in [5.74, 6) is 1.58. The van der Waals surface area contributed by atoms with Crippen LogP contribution in [-0.2, 0) is 40.4 Å². The van der Waals surface area contributed by atoms with Crippen LogP contribution in [0.25, 0.3) is 22.6 Å². The first-order valence-corrected chi connectivity index (χ1v) is 20.5. The summed E-state index contributed by atoms with van der Waals surface area (Å²) in [6.07, 6.45) is 0. The van der Waals surface area contributed by atoms with E-state index in [1.165, 1.54) is 9.80 Å². The summed E-state index contributed by atoms with van der Waals surface area (Å²) < 4.78 is 21.8. The summed E-state index contributed by atoms with van der Waals surface area (Å²) >= 11 is 5.44. The van der Waals surface area contributed by atoms with E-state index < -0.39 is 0 Å². The molecule has 2 saturated heterocycles. The van der Waals surface area contributed by atoms with E-state index in [-0.39, 0.29) is 49.5 Å². The van der Waals surface area contributed by atoms with Gasteiger partial charge in [0.1, 0.15) is 34.6 Å². The van der Waals surface area contributed by atoms with Gasteiger partial charge >= 0.3 is 24.0 Å². The van der Waals surface area contributed by atoms with Gasteiger partial charge in [-0.1, -0.05) is 97.1 Å². The SMILES string of the molecule is CCOC(=O)c1ccc(-c2ccc(CN3CC(=O)N(Cc4ccccc4)C3=O)o2)cc1.CCOC(=O)c1ccc(-c2ccc(CN3CC(=S)N(Cc4ccccc4)C3=O)o2)cc1. The lowest BCUT2D eigenvalue weighted by Gasteiger charge is -2.17. The Morgan fingerprint density at radius 2 is 0.952 bits per heavy atom. The van der Waals surface area contributed by atoms with Gasteiger partial charge in [-0.05, 0) is 73.5 Å². The average molecular weight is 853 g/mol. The molecule has 0 saturated carbocycles. The third kappa shape index (κ3) is 10.3. The lowest BCUT2D eigenvalue weighted by atomic mass is 10.1. The number of esters is 2. The van der Waals surface area contributed by atoms with Gasteiger partial charge in [0.25, 0.3) is 5.91 Å². The van der Waals surface area contributed by atoms with Crippen LogP contribution in [0.2, 0.25) is 0 Å². The molecule has 4 heterocycles. The van der Waals surface area contributed by atoms with Crippen LogP contribution >= 0.6 is 12.2 Å². The molecular formula is C48H44N4O9S. The van der Waals surface area contributed by atoms with E-state index in [0.29, 0.717) is 72.0 Å². The van der Waals surface area contributed by atoms with Gasteiger partial charge in [0.05, 0.1) is 57.1 Å². The van der Waals surface area contributed by atoms with Crippen molar-refractivity contribution >= 4 is 47.1 Å². The van der Waals surface area contributed by atoms with Gasteiger partial charge in [-0.25, -0.2) is 19.2 Å². The summed E-state index contributed by atoms with van der Waals surface area (Å²) in [6.45, 7) is 5.87. The number of benzene rings is 4. The van der Waals surface area contributed by atoms with Crippen LogP contribution in [0.3, 0.4) is 0 Å². The van der Waals surface area contributed by atoms with Crippen molar-refractivity contribution < 1.29 is 42.3 Å². The fraction of sp³-hybridized carbons (Fsp3) is 0.208. The minimum Gasteiger partial charge on any atom is -0.462 e. The maximum atomic E-state index is 12.8. The molecule has 8 rings (SSSR count). The minimum absolute atomic E-state index is 0.0237. The number of nitrogens with zero attached hydrogens (tertiary/aromatic N) is 4. The molecule has 0 radical (unpaired) electrons. The molecule has 316 valence electrons. The summed E-state index contributed by atoms with van der Waals surface area (Å²) in [5.41, 5.74) is 4.54. The van der Waals surface area contributed by atoms with E-state index in [2.05, 4.69) is 0 Å². The lowest BCUT2D eigenvalue weighted by Crippen LogP contribution is -2.32. The fourth-order valence-corrected chi connectivity index (χ4v) is 7.16. The number of thiocarbonyl (C=S) groups is 1. The Bertz CT molecular complexity index is 2360. The number of amides is 5. The normalized spacial score (nSPS) is 13.7. The van der Waals surface area contributed by atoms with Crippen LogP contribution in [0.4, 0.5) is 9.59 Å². The van der Waals surface area contributed by atoms with Crippen LogP contribution in [0.15, 0.2) is 142 Å². The first-order chi connectivity index (χ1) is 30.1. The molecule has 0 spiro atoms. The largest absolute Gasteiger partial charge is 0.462 e. The maximum Gasteiger partial charge on any atom is 0.338 e. The van der Waals surface area contributed by atoms with Crippen molar-refractivity contribution in [3.63, 3.8) is 0 Å². The Balaban J connectivity index is 0.000000186. The van der Waals surface area contributed by atoms with Crippen molar-refractivity contribution in [2.45, 2.75) is 40.0 Å². The van der Waals surface area contributed by atoms with Crippen LogP contribution in [0, 0.1) is 0 Å². The Kier molecular flexibility index (Phi) is 13.7. The second-order valence-electron chi connectivity index (χ2n) is 14.3. The summed E-state index contributed by atoms with van der Waals surface area (Å²) in [6, 6.07) is 40.0. The number of urea groups is 2. The standard InChI is InChI=1S/C24H22N2O5.C24H22N2O4S/c1-2-30-23(28)19-10-8-18(9-11-19)21-13-12-20(31-21)15-25-16-22(27)26(24(25)29)14-17-6-4-3-5-7-17;1-2-29-23(27)19-10-8-18(9-11-19)21-13-12-20(30-21)15-25-16-22(31)26(24(25)28)14-17-6-4-3-5-7-17/h2*3-13H,2,14-16H2,1H3. The zero-order valence-corrected chi connectivity index (χ0v) is 35.0. The maximum absolute atomic E-state index is 12.8. The average Bonchev–Trinajstić information content (AvgIpc) is 4.08. The Labute approximate surface area is 364 Å². The molecule has 0 bridgehead atoms. The first-order valence-electron chi connectivity index (χ1n) is 20.1. The number of carbonyl (C=O) groups is 5. The van der Waals surface area contributed by atoms with Gasteiger partial charge in [0.15, 0.2) is 0 Å². The quantitative estimate of drug-likeness (QED) is 0.0592. The highest BCUT2D eigenvalue weighted by Gasteiger charge is 2.36. The number of furan rings is 2. The van der Waals surface area contributed by atoms with Gasteiger partial charge < -0.3 is 28.1 Å². The zero-order valence-electron chi connectivity index (χ0n) is 34.2. The number of carbonyl (C=O) groups excluding carboxylic acids is 5. The van der Waals surface area contributed by atoms with Crippen LogP contribution in [-0.4, -0.2) is 80.8 Å². The third-order valence-electron chi connectivity index (χ3n) is 10.0. The molecule has 0 unspecified atom stereocenters. The Hall–Kier alpha value is -7.32. The summed E-state index contributed by atoms with van der Waals surface area (Å²) in [5, 5.41) is 0. The van der Waals surface area contributed by atoms with E-state index in [1.54, 1.807) is 72.2 Å². The first kappa shape index (κ1) is 42.8. The molecule has 5 amide bonds. The number of imide groups is 1. The molecule has 13 nitrogen and oxygen atoms in total. The van der Waals surface area contributed by atoms with Crippen molar-refractivity contribution in [1.29, 1.82) is 0 Å².